The summed E-state index contributed by atoms with van der Waals surface area (Å²) in [7, 11) is 0. The second kappa shape index (κ2) is 12.5. The Balaban J connectivity index is 0.00000121. The number of pyridine rings is 3. The highest BCUT2D eigenvalue weighted by Gasteiger charge is 2.15. The van der Waals surface area contributed by atoms with Gasteiger partial charge in [0.1, 0.15) is 23.9 Å². The summed E-state index contributed by atoms with van der Waals surface area (Å²) in [6.07, 6.45) is 4.21. The van der Waals surface area contributed by atoms with E-state index in [4.69, 9.17) is 4.74 Å². The lowest BCUT2D eigenvalue weighted by molar-refractivity contribution is 0.290. The van der Waals surface area contributed by atoms with E-state index in [1.54, 1.807) is 42.8 Å². The molecule has 0 aromatic carbocycles. The molecule has 5 nitrogen and oxygen atoms in total. The van der Waals surface area contributed by atoms with Gasteiger partial charge < -0.3 is 4.74 Å². The van der Waals surface area contributed by atoms with E-state index in [-0.39, 0.29) is 17.9 Å². The van der Waals surface area contributed by atoms with Crippen LogP contribution in [0.2, 0.25) is 0 Å². The molecule has 0 bridgehead atoms. The van der Waals surface area contributed by atoms with Crippen LogP contribution in [0.5, 0.6) is 5.75 Å². The second-order valence-electron chi connectivity index (χ2n) is 6.39. The Morgan fingerprint density at radius 2 is 1.69 bits per heavy atom. The van der Waals surface area contributed by atoms with Gasteiger partial charge in [-0.15, -0.1) is 0 Å². The molecule has 7 heteroatoms. The molecule has 3 heterocycles. The van der Waals surface area contributed by atoms with Gasteiger partial charge in [0.25, 0.3) is 5.56 Å². The van der Waals surface area contributed by atoms with E-state index in [0.717, 1.165) is 17.8 Å². The Labute approximate surface area is 188 Å². The fourth-order valence-electron chi connectivity index (χ4n) is 2.82. The lowest BCUT2D eigenvalue weighted by Crippen LogP contribution is -2.24. The van der Waals surface area contributed by atoms with Crippen LogP contribution in [0.3, 0.4) is 0 Å². The summed E-state index contributed by atoms with van der Waals surface area (Å²) in [4.78, 5) is 20.9. The third-order valence-corrected chi connectivity index (χ3v) is 4.38. The van der Waals surface area contributed by atoms with E-state index in [1.165, 1.54) is 0 Å². The van der Waals surface area contributed by atoms with E-state index in [1.807, 2.05) is 34.6 Å². The van der Waals surface area contributed by atoms with Gasteiger partial charge in [-0.05, 0) is 38.5 Å². The number of nitrogens with zero attached hydrogens (tertiary/aromatic N) is 3. The van der Waals surface area contributed by atoms with Crippen LogP contribution in [0.4, 0.5) is 8.78 Å². The first-order chi connectivity index (χ1) is 15.3. The van der Waals surface area contributed by atoms with Crippen molar-refractivity contribution in [2.75, 3.05) is 0 Å². The summed E-state index contributed by atoms with van der Waals surface area (Å²) < 4.78 is 33.9. The summed E-state index contributed by atoms with van der Waals surface area (Å²) in [5.74, 6) is -1.24. The number of aromatic nitrogens is 3. The van der Waals surface area contributed by atoms with Gasteiger partial charge in [-0.25, -0.2) is 8.78 Å². The van der Waals surface area contributed by atoms with Crippen LogP contribution in [0, 0.1) is 32.4 Å². The molecule has 3 aromatic heterocycles. The van der Waals surface area contributed by atoms with Gasteiger partial charge in [0.05, 0.1) is 23.1 Å². The largest absolute Gasteiger partial charge is 0.487 e. The minimum Gasteiger partial charge on any atom is -0.487 e. The molecule has 0 aliphatic carbocycles. The normalized spacial score (nSPS) is 9.78. The molecule has 0 unspecified atom stereocenters. The molecular formula is C25H31F2N3O2. The number of hydrogen-bond acceptors (Lipinski definition) is 4. The lowest BCUT2D eigenvalue weighted by atomic mass is 10.1. The molecule has 0 radical (unpaired) electrons. The van der Waals surface area contributed by atoms with Crippen molar-refractivity contribution in [2.45, 2.75) is 55.1 Å². The predicted octanol–water partition coefficient (Wildman–Crippen LogP) is 6.11. The highest BCUT2D eigenvalue weighted by molar-refractivity contribution is 5.51. The summed E-state index contributed by atoms with van der Waals surface area (Å²) in [6.45, 7) is 16.8. The van der Waals surface area contributed by atoms with E-state index in [0.29, 0.717) is 28.4 Å². The molecule has 0 aliphatic rings. The van der Waals surface area contributed by atoms with Crippen LogP contribution in [0.1, 0.15) is 55.9 Å². The first-order valence-corrected chi connectivity index (χ1v) is 10.6. The summed E-state index contributed by atoms with van der Waals surface area (Å²) >= 11 is 0. The number of rotatable bonds is 5. The van der Waals surface area contributed by atoms with Crippen LogP contribution in [-0.4, -0.2) is 14.5 Å². The Morgan fingerprint density at radius 3 is 2.28 bits per heavy atom. The van der Waals surface area contributed by atoms with Crippen molar-refractivity contribution in [3.63, 3.8) is 0 Å². The molecule has 0 amide bonds. The first-order valence-electron chi connectivity index (χ1n) is 10.6. The molecule has 0 saturated heterocycles. The first kappa shape index (κ1) is 26.7. The Kier molecular flexibility index (Phi) is 10.4. The third kappa shape index (κ3) is 6.09. The van der Waals surface area contributed by atoms with Crippen LogP contribution in [-0.2, 0) is 6.61 Å². The zero-order valence-electron chi connectivity index (χ0n) is 19.8. The second-order valence-corrected chi connectivity index (χ2v) is 6.39. The Hall–Kier alpha value is -3.35. The van der Waals surface area contributed by atoms with Crippen molar-refractivity contribution in [3.05, 3.63) is 87.4 Å². The summed E-state index contributed by atoms with van der Waals surface area (Å²) in [5.41, 5.74) is 2.90. The molecular weight excluding hydrogens is 412 g/mol. The van der Waals surface area contributed by atoms with Crippen molar-refractivity contribution in [2.24, 2.45) is 0 Å². The van der Waals surface area contributed by atoms with Gasteiger partial charge in [0.15, 0.2) is 5.82 Å². The molecule has 172 valence electrons. The van der Waals surface area contributed by atoms with Gasteiger partial charge in [-0.2, -0.15) is 0 Å². The van der Waals surface area contributed by atoms with Gasteiger partial charge in [-0.1, -0.05) is 34.3 Å². The molecule has 32 heavy (non-hydrogen) atoms. The monoisotopic (exact) mass is 443 g/mol. The molecule has 3 rings (SSSR count). The Morgan fingerprint density at radius 1 is 1.03 bits per heavy atom. The van der Waals surface area contributed by atoms with Crippen LogP contribution in [0.15, 0.2) is 42.0 Å². The lowest BCUT2D eigenvalue weighted by Gasteiger charge is -2.17. The number of aryl methyl sites for hydroxylation is 2. The maximum Gasteiger partial charge on any atom is 0.261 e. The van der Waals surface area contributed by atoms with Crippen molar-refractivity contribution >= 4 is 6.08 Å². The third-order valence-electron chi connectivity index (χ3n) is 4.38. The van der Waals surface area contributed by atoms with E-state index >= 15 is 0 Å². The van der Waals surface area contributed by atoms with Gasteiger partial charge >= 0.3 is 0 Å². The standard InChI is InChI=1S/C21H19F2N3O2.2C2H6/c1-5-16-8-19(12(2)9-24-16)26-13(3)6-20(14(4)21(26)27)28-11-18-17(23)7-15(22)10-25-18;2*1-2/h5-10H,1,11H2,2-4H3;2*1-2H3. The van der Waals surface area contributed by atoms with Crippen molar-refractivity contribution in [1.29, 1.82) is 0 Å². The fourth-order valence-corrected chi connectivity index (χ4v) is 2.82. The number of halogens is 2. The van der Waals surface area contributed by atoms with E-state index < -0.39 is 11.6 Å². The molecule has 0 saturated carbocycles. The molecule has 0 fully saturated rings. The van der Waals surface area contributed by atoms with Crippen molar-refractivity contribution in [3.8, 4) is 11.4 Å². The molecule has 0 spiro atoms. The van der Waals surface area contributed by atoms with Gasteiger partial charge in [0, 0.05) is 24.0 Å². The van der Waals surface area contributed by atoms with Crippen molar-refractivity contribution in [1.82, 2.24) is 14.5 Å². The highest BCUT2D eigenvalue weighted by Crippen LogP contribution is 2.22. The quantitative estimate of drug-likeness (QED) is 0.478. The zero-order valence-corrected chi connectivity index (χ0v) is 19.8. The summed E-state index contributed by atoms with van der Waals surface area (Å²) in [6, 6.07) is 4.23. The average Bonchev–Trinajstić information content (AvgIpc) is 2.80. The van der Waals surface area contributed by atoms with Crippen LogP contribution < -0.4 is 10.3 Å². The topological polar surface area (TPSA) is 57.0 Å². The minimum absolute atomic E-state index is 0.0387. The van der Waals surface area contributed by atoms with E-state index in [2.05, 4.69) is 16.5 Å². The highest BCUT2D eigenvalue weighted by atomic mass is 19.1. The van der Waals surface area contributed by atoms with Gasteiger partial charge in [-0.3, -0.25) is 19.3 Å². The SMILES string of the molecule is C=Cc1cc(-n2c(C)cc(OCc3ncc(F)cc3F)c(C)c2=O)c(C)cn1.CC.CC. The fraction of sp³-hybridized carbons (Fsp3) is 0.320. The maximum atomic E-state index is 13.8. The molecule has 0 aliphatic heterocycles. The van der Waals surface area contributed by atoms with Gasteiger partial charge in [0.2, 0.25) is 0 Å². The zero-order chi connectivity index (χ0) is 24.4. The maximum absolute atomic E-state index is 13.8. The van der Waals surface area contributed by atoms with Crippen LogP contribution in [0.25, 0.3) is 11.8 Å². The van der Waals surface area contributed by atoms with E-state index in [9.17, 15) is 13.6 Å². The average molecular weight is 444 g/mol. The smallest absolute Gasteiger partial charge is 0.261 e. The van der Waals surface area contributed by atoms with Crippen LogP contribution >= 0.6 is 0 Å². The summed E-state index contributed by atoms with van der Waals surface area (Å²) in [5, 5.41) is 0. The molecule has 0 N–H and O–H groups in total. The number of ether oxygens (including phenoxy) is 1. The predicted molar refractivity (Wildman–Crippen MR) is 125 cm³/mol. The van der Waals surface area contributed by atoms with Crippen molar-refractivity contribution < 1.29 is 13.5 Å². The minimum atomic E-state index is -0.799. The Bertz CT molecular complexity index is 1120. The molecule has 0 atom stereocenters. The number of hydrogen-bond donors (Lipinski definition) is 0. The molecule has 3 aromatic rings.